The van der Waals surface area contributed by atoms with E-state index in [9.17, 15) is 4.79 Å². The second kappa shape index (κ2) is 7.17. The number of benzene rings is 1. The standard InChI is InChI=1S/C15H23NO2/c1-5-18-15(17)12(3)10-16-13(4)14-8-6-11(2)7-9-14/h6-9,12-13,16H,5,10H2,1-4H3/t12?,13-/m1/s1. The number of rotatable bonds is 6. The van der Waals surface area contributed by atoms with Gasteiger partial charge in [-0.05, 0) is 26.3 Å². The summed E-state index contributed by atoms with van der Waals surface area (Å²) in [6.07, 6.45) is 0. The highest BCUT2D eigenvalue weighted by Crippen LogP contribution is 2.13. The summed E-state index contributed by atoms with van der Waals surface area (Å²) in [4.78, 5) is 11.5. The van der Waals surface area contributed by atoms with Crippen LogP contribution >= 0.6 is 0 Å². The van der Waals surface area contributed by atoms with E-state index in [0.717, 1.165) is 0 Å². The Bertz CT molecular complexity index is 373. The van der Waals surface area contributed by atoms with Crippen molar-refractivity contribution in [2.45, 2.75) is 33.7 Å². The molecule has 0 radical (unpaired) electrons. The summed E-state index contributed by atoms with van der Waals surface area (Å²) in [6.45, 7) is 8.96. The summed E-state index contributed by atoms with van der Waals surface area (Å²) in [5.74, 6) is -0.251. The van der Waals surface area contributed by atoms with Crippen molar-refractivity contribution in [3.05, 3.63) is 35.4 Å². The van der Waals surface area contributed by atoms with Crippen molar-refractivity contribution in [1.29, 1.82) is 0 Å². The number of aryl methyl sites for hydroxylation is 1. The summed E-state index contributed by atoms with van der Waals surface area (Å²) in [5, 5.41) is 3.36. The highest BCUT2D eigenvalue weighted by molar-refractivity contribution is 5.72. The summed E-state index contributed by atoms with van der Waals surface area (Å²) in [6, 6.07) is 8.66. The lowest BCUT2D eigenvalue weighted by Crippen LogP contribution is -2.29. The van der Waals surface area contributed by atoms with E-state index in [0.29, 0.717) is 13.2 Å². The Kier molecular flexibility index (Phi) is 5.86. The van der Waals surface area contributed by atoms with Gasteiger partial charge < -0.3 is 10.1 Å². The fourth-order valence-corrected chi connectivity index (χ4v) is 1.69. The molecule has 100 valence electrons. The Morgan fingerprint density at radius 3 is 2.44 bits per heavy atom. The summed E-state index contributed by atoms with van der Waals surface area (Å²) in [7, 11) is 0. The lowest BCUT2D eigenvalue weighted by atomic mass is 10.1. The molecule has 0 saturated carbocycles. The van der Waals surface area contributed by atoms with Gasteiger partial charge in [0.2, 0.25) is 0 Å². The van der Waals surface area contributed by atoms with E-state index in [2.05, 4.69) is 43.4 Å². The zero-order chi connectivity index (χ0) is 13.5. The fraction of sp³-hybridized carbons (Fsp3) is 0.533. The maximum atomic E-state index is 11.5. The molecule has 0 bridgehead atoms. The van der Waals surface area contributed by atoms with Gasteiger partial charge in [0.1, 0.15) is 0 Å². The molecule has 0 heterocycles. The molecule has 0 fully saturated rings. The van der Waals surface area contributed by atoms with Gasteiger partial charge in [0.25, 0.3) is 0 Å². The smallest absolute Gasteiger partial charge is 0.309 e. The van der Waals surface area contributed by atoms with Crippen molar-refractivity contribution >= 4 is 5.97 Å². The average molecular weight is 249 g/mol. The highest BCUT2D eigenvalue weighted by atomic mass is 16.5. The molecule has 0 aromatic heterocycles. The molecule has 1 aromatic carbocycles. The van der Waals surface area contributed by atoms with Gasteiger partial charge in [0.05, 0.1) is 12.5 Å². The van der Waals surface area contributed by atoms with Crippen LogP contribution in [0.1, 0.15) is 37.9 Å². The molecule has 0 aliphatic carbocycles. The van der Waals surface area contributed by atoms with Crippen LogP contribution in [0.2, 0.25) is 0 Å². The third-order valence-corrected chi connectivity index (χ3v) is 3.00. The Morgan fingerprint density at radius 1 is 1.28 bits per heavy atom. The number of nitrogens with one attached hydrogen (secondary N) is 1. The molecule has 1 rings (SSSR count). The van der Waals surface area contributed by atoms with Crippen molar-refractivity contribution < 1.29 is 9.53 Å². The van der Waals surface area contributed by atoms with Crippen LogP contribution in [-0.4, -0.2) is 19.1 Å². The predicted octanol–water partition coefficient (Wildman–Crippen LogP) is 2.84. The van der Waals surface area contributed by atoms with E-state index < -0.39 is 0 Å². The molecule has 1 N–H and O–H groups in total. The van der Waals surface area contributed by atoms with E-state index in [1.165, 1.54) is 11.1 Å². The van der Waals surface area contributed by atoms with Crippen LogP contribution in [0, 0.1) is 12.8 Å². The number of esters is 1. The third kappa shape index (κ3) is 4.49. The molecule has 0 amide bonds. The molecule has 3 nitrogen and oxygen atoms in total. The molecule has 0 aliphatic rings. The van der Waals surface area contributed by atoms with Crippen molar-refractivity contribution in [1.82, 2.24) is 5.32 Å². The van der Waals surface area contributed by atoms with E-state index >= 15 is 0 Å². The van der Waals surface area contributed by atoms with Gasteiger partial charge in [-0.25, -0.2) is 0 Å². The Morgan fingerprint density at radius 2 is 1.89 bits per heavy atom. The average Bonchev–Trinajstić information content (AvgIpc) is 2.36. The SMILES string of the molecule is CCOC(=O)C(C)CN[C@H](C)c1ccc(C)cc1. The molecule has 3 heteroatoms. The van der Waals surface area contributed by atoms with Crippen molar-refractivity contribution in [3.63, 3.8) is 0 Å². The van der Waals surface area contributed by atoms with E-state index in [4.69, 9.17) is 4.74 Å². The van der Waals surface area contributed by atoms with Crippen molar-refractivity contribution in [2.75, 3.05) is 13.2 Å². The van der Waals surface area contributed by atoms with E-state index in [1.54, 1.807) is 0 Å². The molecule has 1 unspecified atom stereocenters. The molecule has 0 spiro atoms. The lowest BCUT2D eigenvalue weighted by Gasteiger charge is -2.17. The minimum absolute atomic E-state index is 0.113. The largest absolute Gasteiger partial charge is 0.466 e. The van der Waals surface area contributed by atoms with Crippen molar-refractivity contribution in [2.24, 2.45) is 5.92 Å². The van der Waals surface area contributed by atoms with Gasteiger partial charge >= 0.3 is 5.97 Å². The maximum absolute atomic E-state index is 11.5. The first-order valence-electron chi connectivity index (χ1n) is 6.51. The minimum Gasteiger partial charge on any atom is -0.466 e. The Balaban J connectivity index is 2.43. The van der Waals surface area contributed by atoms with Gasteiger partial charge in [-0.1, -0.05) is 36.8 Å². The fourth-order valence-electron chi connectivity index (χ4n) is 1.69. The normalized spacial score (nSPS) is 14.0. The quantitative estimate of drug-likeness (QED) is 0.788. The monoisotopic (exact) mass is 249 g/mol. The van der Waals surface area contributed by atoms with Crippen molar-refractivity contribution in [3.8, 4) is 0 Å². The molecule has 1 aromatic rings. The van der Waals surface area contributed by atoms with Crippen LogP contribution in [0.4, 0.5) is 0 Å². The number of carbonyl (C=O) groups excluding carboxylic acids is 1. The molecule has 2 atom stereocenters. The number of carbonyl (C=O) groups is 1. The number of hydrogen-bond acceptors (Lipinski definition) is 3. The summed E-state index contributed by atoms with van der Waals surface area (Å²) in [5.41, 5.74) is 2.49. The first-order chi connectivity index (χ1) is 8.54. The molecular formula is C15H23NO2. The van der Waals surface area contributed by atoms with Crippen LogP contribution in [0.25, 0.3) is 0 Å². The van der Waals surface area contributed by atoms with E-state index in [-0.39, 0.29) is 17.9 Å². The third-order valence-electron chi connectivity index (χ3n) is 3.00. The zero-order valence-corrected chi connectivity index (χ0v) is 11.7. The number of ether oxygens (including phenoxy) is 1. The van der Waals surface area contributed by atoms with E-state index in [1.807, 2.05) is 13.8 Å². The summed E-state index contributed by atoms with van der Waals surface area (Å²) < 4.78 is 4.98. The maximum Gasteiger partial charge on any atom is 0.309 e. The highest BCUT2D eigenvalue weighted by Gasteiger charge is 2.15. The second-order valence-corrected chi connectivity index (χ2v) is 4.69. The molecule has 0 aliphatic heterocycles. The second-order valence-electron chi connectivity index (χ2n) is 4.69. The first kappa shape index (κ1) is 14.7. The topological polar surface area (TPSA) is 38.3 Å². The van der Waals surface area contributed by atoms with Crippen LogP contribution in [0.5, 0.6) is 0 Å². The van der Waals surface area contributed by atoms with Crippen LogP contribution in [0.15, 0.2) is 24.3 Å². The Labute approximate surface area is 110 Å². The predicted molar refractivity (Wildman–Crippen MR) is 73.4 cm³/mol. The molecule has 0 saturated heterocycles. The number of hydrogen-bond donors (Lipinski definition) is 1. The van der Waals surface area contributed by atoms with Gasteiger partial charge in [0.15, 0.2) is 0 Å². The van der Waals surface area contributed by atoms with Gasteiger partial charge in [0, 0.05) is 12.6 Å². The molecular weight excluding hydrogens is 226 g/mol. The van der Waals surface area contributed by atoms with Gasteiger partial charge in [-0.2, -0.15) is 0 Å². The van der Waals surface area contributed by atoms with Crippen LogP contribution in [0.3, 0.4) is 0 Å². The molecule has 18 heavy (non-hydrogen) atoms. The minimum atomic E-state index is -0.138. The Hall–Kier alpha value is -1.35. The first-order valence-corrected chi connectivity index (χ1v) is 6.51. The van der Waals surface area contributed by atoms with Crippen LogP contribution in [-0.2, 0) is 9.53 Å². The van der Waals surface area contributed by atoms with Gasteiger partial charge in [-0.15, -0.1) is 0 Å². The van der Waals surface area contributed by atoms with Crippen LogP contribution < -0.4 is 5.32 Å². The van der Waals surface area contributed by atoms with Gasteiger partial charge in [-0.3, -0.25) is 4.79 Å². The lowest BCUT2D eigenvalue weighted by molar-refractivity contribution is -0.147. The zero-order valence-electron chi connectivity index (χ0n) is 11.7. The summed E-state index contributed by atoms with van der Waals surface area (Å²) >= 11 is 0.